The number of nitrogens with zero attached hydrogens (tertiary/aromatic N) is 6. The van der Waals surface area contributed by atoms with Gasteiger partial charge < -0.3 is 9.80 Å². The summed E-state index contributed by atoms with van der Waals surface area (Å²) in [5.74, 6) is 1.88. The first-order chi connectivity index (χ1) is 11.4. The van der Waals surface area contributed by atoms with Crippen molar-refractivity contribution in [2.45, 2.75) is 57.9 Å². The molecule has 3 heterocycles. The second-order valence-corrected chi connectivity index (χ2v) is 8.08. The van der Waals surface area contributed by atoms with E-state index in [-0.39, 0.29) is 5.41 Å². The van der Waals surface area contributed by atoms with Gasteiger partial charge in [0.2, 0.25) is 0 Å². The van der Waals surface area contributed by atoms with E-state index >= 15 is 0 Å². The Balaban J connectivity index is 1.73. The van der Waals surface area contributed by atoms with E-state index in [2.05, 4.69) is 54.9 Å². The minimum Gasteiger partial charge on any atom is -0.358 e. The Labute approximate surface area is 144 Å². The lowest BCUT2D eigenvalue weighted by Crippen LogP contribution is -2.38. The molecule has 1 aliphatic rings. The minimum atomic E-state index is -0.0750. The van der Waals surface area contributed by atoms with Crippen LogP contribution in [0, 0.1) is 0 Å². The van der Waals surface area contributed by atoms with Crippen molar-refractivity contribution in [2.75, 3.05) is 32.1 Å². The zero-order valence-corrected chi connectivity index (χ0v) is 15.7. The first-order valence-electron chi connectivity index (χ1n) is 9.00. The molecule has 6 heteroatoms. The van der Waals surface area contributed by atoms with Crippen molar-refractivity contribution < 1.29 is 0 Å². The smallest absolute Gasteiger partial charge is 0.178 e. The number of fused-ring (bicyclic) bond motifs is 1. The number of likely N-dealkylation sites (tertiary alicyclic amines) is 1. The Hall–Kier alpha value is -1.69. The highest BCUT2D eigenvalue weighted by Gasteiger charge is 2.23. The molecule has 2 aromatic rings. The SMILES string of the molecule is CN(CCC1CCCCN1C)c1ccc2nnc(C(C)(C)C)n2n1. The van der Waals surface area contributed by atoms with Crippen LogP contribution in [0.15, 0.2) is 12.1 Å². The Morgan fingerprint density at radius 1 is 1.21 bits per heavy atom. The summed E-state index contributed by atoms with van der Waals surface area (Å²) in [4.78, 5) is 4.75. The number of aromatic nitrogens is 4. The molecule has 2 aromatic heterocycles. The van der Waals surface area contributed by atoms with Gasteiger partial charge in [-0.3, -0.25) is 0 Å². The van der Waals surface area contributed by atoms with E-state index in [4.69, 9.17) is 5.10 Å². The van der Waals surface area contributed by atoms with Gasteiger partial charge in [-0.15, -0.1) is 15.3 Å². The second kappa shape index (κ2) is 6.67. The fourth-order valence-electron chi connectivity index (χ4n) is 3.42. The van der Waals surface area contributed by atoms with Gasteiger partial charge in [0.15, 0.2) is 11.5 Å². The normalized spacial score (nSPS) is 19.8. The largest absolute Gasteiger partial charge is 0.358 e. The minimum absolute atomic E-state index is 0.0750. The molecule has 0 aliphatic carbocycles. The molecule has 132 valence electrons. The number of piperidine rings is 1. The molecule has 0 saturated carbocycles. The summed E-state index contributed by atoms with van der Waals surface area (Å²) in [5.41, 5.74) is 0.734. The summed E-state index contributed by atoms with van der Waals surface area (Å²) in [6.45, 7) is 8.66. The molecule has 3 rings (SSSR count). The van der Waals surface area contributed by atoms with Crippen LogP contribution >= 0.6 is 0 Å². The molecule has 1 aliphatic heterocycles. The van der Waals surface area contributed by atoms with Crippen molar-refractivity contribution in [3.05, 3.63) is 18.0 Å². The van der Waals surface area contributed by atoms with Crippen LogP contribution in [0.5, 0.6) is 0 Å². The predicted octanol–water partition coefficient (Wildman–Crippen LogP) is 2.73. The quantitative estimate of drug-likeness (QED) is 0.863. The summed E-state index contributed by atoms with van der Waals surface area (Å²) in [7, 11) is 4.37. The van der Waals surface area contributed by atoms with E-state index in [1.165, 1.54) is 32.2 Å². The first kappa shape index (κ1) is 17.1. The summed E-state index contributed by atoms with van der Waals surface area (Å²) in [6, 6.07) is 4.75. The van der Waals surface area contributed by atoms with E-state index in [1.54, 1.807) is 0 Å². The standard InChI is InChI=1S/C18H30N6/c1-18(2,3)17-20-19-15-9-10-16(21-24(15)17)23(5)13-11-14-8-6-7-12-22(14)4/h9-10,14H,6-8,11-13H2,1-5H3. The lowest BCUT2D eigenvalue weighted by Gasteiger charge is -2.33. The van der Waals surface area contributed by atoms with Gasteiger partial charge in [-0.1, -0.05) is 27.2 Å². The highest BCUT2D eigenvalue weighted by Crippen LogP contribution is 2.22. The number of rotatable bonds is 4. The van der Waals surface area contributed by atoms with Gasteiger partial charge in [0.25, 0.3) is 0 Å². The predicted molar refractivity (Wildman–Crippen MR) is 97.6 cm³/mol. The van der Waals surface area contributed by atoms with Crippen LogP contribution < -0.4 is 4.90 Å². The molecule has 24 heavy (non-hydrogen) atoms. The average molecular weight is 330 g/mol. The maximum atomic E-state index is 4.79. The molecule has 0 bridgehead atoms. The van der Waals surface area contributed by atoms with E-state index < -0.39 is 0 Å². The number of hydrogen-bond acceptors (Lipinski definition) is 5. The molecule has 1 fully saturated rings. The molecule has 1 unspecified atom stereocenters. The molecule has 0 radical (unpaired) electrons. The molecule has 0 spiro atoms. The van der Waals surface area contributed by atoms with E-state index in [0.29, 0.717) is 6.04 Å². The summed E-state index contributed by atoms with van der Waals surface area (Å²) in [6.07, 6.45) is 5.19. The fourth-order valence-corrected chi connectivity index (χ4v) is 3.42. The van der Waals surface area contributed by atoms with Crippen molar-refractivity contribution in [1.29, 1.82) is 0 Å². The van der Waals surface area contributed by atoms with Crippen molar-refractivity contribution in [3.8, 4) is 0 Å². The summed E-state index contributed by atoms with van der Waals surface area (Å²) >= 11 is 0. The lowest BCUT2D eigenvalue weighted by molar-refractivity contribution is 0.178. The zero-order valence-electron chi connectivity index (χ0n) is 15.7. The third kappa shape index (κ3) is 3.53. The van der Waals surface area contributed by atoms with Crippen LogP contribution in [-0.2, 0) is 5.41 Å². The Morgan fingerprint density at radius 3 is 2.71 bits per heavy atom. The van der Waals surface area contributed by atoms with Crippen molar-refractivity contribution >= 4 is 11.5 Å². The average Bonchev–Trinajstić information content (AvgIpc) is 2.97. The van der Waals surface area contributed by atoms with E-state index in [0.717, 1.165) is 23.8 Å². The third-order valence-electron chi connectivity index (χ3n) is 5.03. The fraction of sp³-hybridized carbons (Fsp3) is 0.722. The Bertz CT molecular complexity index is 686. The van der Waals surface area contributed by atoms with Crippen LogP contribution in [0.4, 0.5) is 5.82 Å². The summed E-state index contributed by atoms with van der Waals surface area (Å²) < 4.78 is 1.89. The van der Waals surface area contributed by atoms with Crippen LogP contribution in [-0.4, -0.2) is 57.9 Å². The van der Waals surface area contributed by atoms with Gasteiger partial charge in [-0.05, 0) is 45.0 Å². The van der Waals surface area contributed by atoms with Gasteiger partial charge in [0, 0.05) is 25.0 Å². The van der Waals surface area contributed by atoms with E-state index in [9.17, 15) is 0 Å². The maximum absolute atomic E-state index is 4.79. The van der Waals surface area contributed by atoms with Gasteiger partial charge in [-0.2, -0.15) is 4.52 Å². The Morgan fingerprint density at radius 2 is 2.00 bits per heavy atom. The van der Waals surface area contributed by atoms with Crippen LogP contribution in [0.25, 0.3) is 5.65 Å². The molecule has 6 nitrogen and oxygen atoms in total. The van der Waals surface area contributed by atoms with Crippen LogP contribution in [0.2, 0.25) is 0 Å². The molecule has 0 N–H and O–H groups in total. The van der Waals surface area contributed by atoms with E-state index in [1.807, 2.05) is 16.6 Å². The van der Waals surface area contributed by atoms with Gasteiger partial charge in [0.05, 0.1) is 0 Å². The van der Waals surface area contributed by atoms with Gasteiger partial charge in [-0.25, -0.2) is 0 Å². The topological polar surface area (TPSA) is 49.6 Å². The summed E-state index contributed by atoms with van der Waals surface area (Å²) in [5, 5.41) is 13.4. The van der Waals surface area contributed by atoms with Crippen molar-refractivity contribution in [1.82, 2.24) is 24.7 Å². The molecular weight excluding hydrogens is 300 g/mol. The molecule has 1 saturated heterocycles. The monoisotopic (exact) mass is 330 g/mol. The molecule has 0 amide bonds. The Kier molecular flexibility index (Phi) is 4.76. The third-order valence-corrected chi connectivity index (χ3v) is 5.03. The van der Waals surface area contributed by atoms with Crippen LogP contribution in [0.1, 0.15) is 52.3 Å². The zero-order chi connectivity index (χ0) is 17.3. The highest BCUT2D eigenvalue weighted by molar-refractivity contribution is 5.45. The number of anilines is 1. The first-order valence-corrected chi connectivity index (χ1v) is 9.00. The molecular formula is C18H30N6. The second-order valence-electron chi connectivity index (χ2n) is 8.08. The molecule has 0 aromatic carbocycles. The molecule has 1 atom stereocenters. The maximum Gasteiger partial charge on any atom is 0.178 e. The van der Waals surface area contributed by atoms with Gasteiger partial charge in [0.1, 0.15) is 5.82 Å². The number of hydrogen-bond donors (Lipinski definition) is 0. The van der Waals surface area contributed by atoms with Gasteiger partial charge >= 0.3 is 0 Å². The lowest BCUT2D eigenvalue weighted by atomic mass is 9.96. The van der Waals surface area contributed by atoms with Crippen LogP contribution in [0.3, 0.4) is 0 Å². The van der Waals surface area contributed by atoms with Crippen molar-refractivity contribution in [3.63, 3.8) is 0 Å². The highest BCUT2D eigenvalue weighted by atomic mass is 15.4. The van der Waals surface area contributed by atoms with Crippen molar-refractivity contribution in [2.24, 2.45) is 0 Å².